The van der Waals surface area contributed by atoms with Gasteiger partial charge in [-0.25, -0.2) is 4.79 Å². The number of fused-ring (bicyclic) bond motifs is 1. The zero-order valence-electron chi connectivity index (χ0n) is 24.3. The van der Waals surface area contributed by atoms with E-state index < -0.39 is 83.1 Å². The lowest BCUT2D eigenvalue weighted by molar-refractivity contribution is -0.278. The number of benzene rings is 2. The van der Waals surface area contributed by atoms with Crippen molar-refractivity contribution >= 4 is 16.9 Å². The number of aliphatic hydroxyl groups excluding tert-OH is 3. The van der Waals surface area contributed by atoms with Crippen molar-refractivity contribution in [3.8, 4) is 40.1 Å². The van der Waals surface area contributed by atoms with Crippen LogP contribution in [0.15, 0.2) is 51.2 Å². The molecule has 0 spiro atoms. The molecule has 2 heterocycles. The first-order chi connectivity index (χ1) is 21.1. The summed E-state index contributed by atoms with van der Waals surface area (Å²) in [6, 6.07) is 5.49. The van der Waals surface area contributed by atoms with E-state index in [2.05, 4.69) is 0 Å². The number of esters is 1. The molecule has 242 valence electrons. The molecule has 45 heavy (non-hydrogen) atoms. The van der Waals surface area contributed by atoms with Crippen LogP contribution in [0.2, 0.25) is 0 Å². The average molecular weight is 631 g/mol. The van der Waals surface area contributed by atoms with Gasteiger partial charge in [-0.05, 0) is 57.2 Å². The van der Waals surface area contributed by atoms with Crippen molar-refractivity contribution in [2.24, 2.45) is 5.92 Å². The number of carbonyl (C=O) groups is 1. The van der Waals surface area contributed by atoms with Crippen LogP contribution in [0.3, 0.4) is 0 Å². The minimum Gasteiger partial charge on any atom is -0.508 e. The van der Waals surface area contributed by atoms with Crippen molar-refractivity contribution in [1.29, 1.82) is 0 Å². The Hall–Kier alpha value is -4.34. The summed E-state index contributed by atoms with van der Waals surface area (Å²) in [7, 11) is 0. The van der Waals surface area contributed by atoms with E-state index in [1.165, 1.54) is 12.1 Å². The molecule has 0 amide bonds. The maximum atomic E-state index is 12.7. The van der Waals surface area contributed by atoms with Crippen LogP contribution < -0.4 is 10.2 Å². The number of hydrogen-bond acceptors (Lipinski definition) is 14. The highest BCUT2D eigenvalue weighted by Gasteiger charge is 2.46. The van der Waals surface area contributed by atoms with E-state index in [0.717, 1.165) is 18.2 Å². The number of aromatic hydroxyl groups is 4. The normalized spacial score (nSPS) is 25.5. The third kappa shape index (κ3) is 6.41. The molecule has 0 radical (unpaired) electrons. The van der Waals surface area contributed by atoms with Crippen molar-refractivity contribution in [2.45, 2.75) is 69.4 Å². The SMILES string of the molecule is CC(C)(O)C1CC=C(C(=O)OC[C@H]2O[C@H](Oc3ccc(-c4oc5cc(O)cc(O)c5c(=O)c4O)cc3O)[C@H](O)[C@@H](O)[C@@H]2O)CC1. The first-order valence-electron chi connectivity index (χ1n) is 14.2. The van der Waals surface area contributed by atoms with Crippen molar-refractivity contribution in [3.63, 3.8) is 0 Å². The van der Waals surface area contributed by atoms with Crippen molar-refractivity contribution in [3.05, 3.63) is 52.2 Å². The summed E-state index contributed by atoms with van der Waals surface area (Å²) in [5.74, 6) is -3.78. The molecule has 2 aliphatic rings. The third-order valence-corrected chi connectivity index (χ3v) is 8.12. The van der Waals surface area contributed by atoms with Crippen LogP contribution >= 0.6 is 0 Å². The zero-order chi connectivity index (χ0) is 32.8. The molecule has 1 aliphatic heterocycles. The maximum Gasteiger partial charge on any atom is 0.333 e. The van der Waals surface area contributed by atoms with Gasteiger partial charge in [-0.3, -0.25) is 4.79 Å². The summed E-state index contributed by atoms with van der Waals surface area (Å²) in [6.07, 6.45) is -5.01. The van der Waals surface area contributed by atoms with Gasteiger partial charge in [0.1, 0.15) is 53.5 Å². The Kier molecular flexibility index (Phi) is 8.70. The van der Waals surface area contributed by atoms with Gasteiger partial charge in [0.05, 0.1) is 5.60 Å². The second-order valence-electron chi connectivity index (χ2n) is 11.7. The minimum atomic E-state index is -1.78. The first kappa shape index (κ1) is 32.1. The number of phenolic OH excluding ortho intramolecular Hbond substituents is 3. The summed E-state index contributed by atoms with van der Waals surface area (Å²) in [5, 5.41) is 82.1. The quantitative estimate of drug-likeness (QED) is 0.173. The summed E-state index contributed by atoms with van der Waals surface area (Å²) in [5.41, 5.74) is -1.71. The standard InChI is InChI=1S/C31H34O14/c1-31(2,41)15-6-3-13(4-7-15)29(40)42-12-21-23(35)25(37)27(39)30(45-21)44-19-8-5-14(9-17(19)33)28-26(38)24(36)22-18(34)10-16(32)11-20(22)43-28/h3,5,8-11,15,21,23,25,27,30,32-35,37-39,41H,4,6-7,12H2,1-2H3/t15?,21-,23-,25+,27-,30+/m1/s1. The van der Waals surface area contributed by atoms with Gasteiger partial charge in [-0.2, -0.15) is 0 Å². The first-order valence-corrected chi connectivity index (χ1v) is 14.2. The fourth-order valence-electron chi connectivity index (χ4n) is 5.42. The summed E-state index contributed by atoms with van der Waals surface area (Å²) < 4.78 is 22.0. The van der Waals surface area contributed by atoms with E-state index in [0.29, 0.717) is 24.8 Å². The molecule has 1 fully saturated rings. The molecule has 1 saturated heterocycles. The summed E-state index contributed by atoms with van der Waals surface area (Å²) >= 11 is 0. The number of aliphatic hydroxyl groups is 4. The fraction of sp³-hybridized carbons (Fsp3) is 0.419. The Morgan fingerprint density at radius 1 is 1.00 bits per heavy atom. The van der Waals surface area contributed by atoms with Crippen LogP contribution in [-0.4, -0.2) is 89.7 Å². The minimum absolute atomic E-state index is 0.00423. The highest BCUT2D eigenvalue weighted by atomic mass is 16.7. The molecule has 1 aromatic heterocycles. The van der Waals surface area contributed by atoms with E-state index in [9.17, 15) is 50.4 Å². The molecule has 2 aromatic carbocycles. The van der Waals surface area contributed by atoms with Gasteiger partial charge < -0.3 is 59.5 Å². The lowest BCUT2D eigenvalue weighted by atomic mass is 9.79. The lowest BCUT2D eigenvalue weighted by Gasteiger charge is -2.40. The molecular weight excluding hydrogens is 596 g/mol. The molecule has 1 aliphatic carbocycles. The van der Waals surface area contributed by atoms with Gasteiger partial charge in [-0.1, -0.05) is 6.08 Å². The van der Waals surface area contributed by atoms with Gasteiger partial charge in [0.2, 0.25) is 17.5 Å². The Bertz CT molecular complexity index is 1690. The Labute approximate surface area is 255 Å². The van der Waals surface area contributed by atoms with E-state index in [-0.39, 0.29) is 28.2 Å². The highest BCUT2D eigenvalue weighted by molar-refractivity contribution is 5.89. The number of ether oxygens (including phenoxy) is 3. The van der Waals surface area contributed by atoms with Crippen molar-refractivity contribution in [2.75, 3.05) is 6.61 Å². The predicted octanol–water partition coefficient (Wildman–Crippen LogP) is 1.51. The number of rotatable bonds is 7. The second-order valence-corrected chi connectivity index (χ2v) is 11.7. The second kappa shape index (κ2) is 12.2. The topological polar surface area (TPSA) is 237 Å². The Balaban J connectivity index is 1.29. The molecular formula is C31H34O14. The smallest absolute Gasteiger partial charge is 0.333 e. The van der Waals surface area contributed by atoms with Crippen LogP contribution in [0.5, 0.6) is 28.7 Å². The van der Waals surface area contributed by atoms with Gasteiger partial charge in [-0.15, -0.1) is 0 Å². The number of carbonyl (C=O) groups excluding carboxylic acids is 1. The molecule has 3 aromatic rings. The molecule has 5 rings (SSSR count). The molecule has 0 saturated carbocycles. The van der Waals surface area contributed by atoms with E-state index in [1.807, 2.05) is 0 Å². The van der Waals surface area contributed by atoms with E-state index in [1.54, 1.807) is 19.9 Å². The Morgan fingerprint density at radius 2 is 1.73 bits per heavy atom. The van der Waals surface area contributed by atoms with Gasteiger partial charge in [0, 0.05) is 23.3 Å². The Morgan fingerprint density at radius 3 is 2.38 bits per heavy atom. The zero-order valence-corrected chi connectivity index (χ0v) is 24.3. The van der Waals surface area contributed by atoms with Crippen molar-refractivity contribution in [1.82, 2.24) is 0 Å². The summed E-state index contributed by atoms with van der Waals surface area (Å²) in [6.45, 7) is 2.92. The summed E-state index contributed by atoms with van der Waals surface area (Å²) in [4.78, 5) is 25.3. The maximum absolute atomic E-state index is 12.7. The van der Waals surface area contributed by atoms with Gasteiger partial charge in [0.25, 0.3) is 0 Å². The predicted molar refractivity (Wildman–Crippen MR) is 155 cm³/mol. The molecule has 0 bridgehead atoms. The highest BCUT2D eigenvalue weighted by Crippen LogP contribution is 2.39. The molecule has 8 N–H and O–H groups in total. The van der Waals surface area contributed by atoms with E-state index in [4.69, 9.17) is 18.6 Å². The number of phenols is 3. The van der Waals surface area contributed by atoms with E-state index >= 15 is 0 Å². The number of allylic oxidation sites excluding steroid dienone is 1. The van der Waals surface area contributed by atoms with Crippen LogP contribution in [0.25, 0.3) is 22.3 Å². The van der Waals surface area contributed by atoms with Gasteiger partial charge >= 0.3 is 5.97 Å². The lowest BCUT2D eigenvalue weighted by Crippen LogP contribution is -2.60. The monoisotopic (exact) mass is 630 g/mol. The van der Waals surface area contributed by atoms with Crippen LogP contribution in [-0.2, 0) is 14.3 Å². The molecule has 14 nitrogen and oxygen atoms in total. The van der Waals surface area contributed by atoms with Crippen LogP contribution in [0, 0.1) is 5.92 Å². The molecule has 1 unspecified atom stereocenters. The fourth-order valence-corrected chi connectivity index (χ4v) is 5.42. The van der Waals surface area contributed by atoms with Crippen LogP contribution in [0.4, 0.5) is 0 Å². The molecule has 14 heteroatoms. The number of hydrogen-bond donors (Lipinski definition) is 8. The largest absolute Gasteiger partial charge is 0.508 e. The third-order valence-electron chi connectivity index (χ3n) is 8.12. The van der Waals surface area contributed by atoms with Gasteiger partial charge in [0.15, 0.2) is 17.3 Å². The van der Waals surface area contributed by atoms with Crippen molar-refractivity contribution < 1.29 is 64.3 Å². The molecule has 6 atom stereocenters. The average Bonchev–Trinajstić information content (AvgIpc) is 2.98. The van der Waals surface area contributed by atoms with Crippen LogP contribution in [0.1, 0.15) is 33.1 Å².